The Kier molecular flexibility index (Phi) is 10.2. The van der Waals surface area contributed by atoms with Gasteiger partial charge in [0.05, 0.1) is 29.9 Å². The number of alkyl halides is 1. The predicted octanol–water partition coefficient (Wildman–Crippen LogP) is 5.64. The van der Waals surface area contributed by atoms with Crippen molar-refractivity contribution in [2.24, 2.45) is 5.92 Å². The number of halogens is 3. The van der Waals surface area contributed by atoms with Gasteiger partial charge in [-0.05, 0) is 35.4 Å². The maximum atomic E-state index is 10.3. The molecule has 2 aromatic carbocycles. The summed E-state index contributed by atoms with van der Waals surface area (Å²) in [4.78, 5) is 2.19. The van der Waals surface area contributed by atoms with Crippen LogP contribution in [0.3, 0.4) is 0 Å². The Hall–Kier alpha value is -1.21. The molecule has 1 saturated heterocycles. The quantitative estimate of drug-likeness (QED) is 0.381. The summed E-state index contributed by atoms with van der Waals surface area (Å²) in [6.07, 6.45) is -0.549. The van der Waals surface area contributed by atoms with Crippen LogP contribution in [0.15, 0.2) is 36.4 Å². The van der Waals surface area contributed by atoms with Crippen LogP contribution in [0.2, 0.25) is 10.0 Å². The van der Waals surface area contributed by atoms with Crippen LogP contribution in [0.25, 0.3) is 0 Å². The second-order valence-electron chi connectivity index (χ2n) is 9.37. The fourth-order valence-corrected chi connectivity index (χ4v) is 4.48. The number of aliphatic hydroxyl groups excluding tert-OH is 1. The van der Waals surface area contributed by atoms with Gasteiger partial charge in [-0.2, -0.15) is 0 Å². The lowest BCUT2D eigenvalue weighted by atomic mass is 9.78. The Morgan fingerprint density at radius 1 is 1.00 bits per heavy atom. The molecule has 3 rings (SSSR count). The molecule has 1 aliphatic heterocycles. The van der Waals surface area contributed by atoms with Gasteiger partial charge in [-0.3, -0.25) is 4.90 Å². The molecule has 1 heterocycles. The largest absolute Gasteiger partial charge is 0.491 e. The first-order valence-corrected chi connectivity index (χ1v) is 12.9. The van der Waals surface area contributed by atoms with Gasteiger partial charge in [0.25, 0.3) is 0 Å². The van der Waals surface area contributed by atoms with Crippen molar-refractivity contribution in [1.29, 1.82) is 0 Å². The zero-order chi connectivity index (χ0) is 24.7. The summed E-state index contributed by atoms with van der Waals surface area (Å²) >= 11 is 18.9. The van der Waals surface area contributed by atoms with E-state index in [1.807, 2.05) is 43.3 Å². The molecule has 0 radical (unpaired) electrons. The Labute approximate surface area is 217 Å². The van der Waals surface area contributed by atoms with Crippen molar-refractivity contribution in [2.75, 3.05) is 51.9 Å². The van der Waals surface area contributed by atoms with E-state index >= 15 is 0 Å². The molecule has 1 aliphatic rings. The highest BCUT2D eigenvalue weighted by Gasteiger charge is 2.26. The third-order valence-electron chi connectivity index (χ3n) is 6.09. The number of nitrogens with zero attached hydrogens (tertiary/aromatic N) is 1. The highest BCUT2D eigenvalue weighted by atomic mass is 35.5. The van der Waals surface area contributed by atoms with Crippen molar-refractivity contribution < 1.29 is 19.3 Å². The Morgan fingerprint density at radius 2 is 1.62 bits per heavy atom. The minimum atomic E-state index is -0.549. The molecule has 34 heavy (non-hydrogen) atoms. The summed E-state index contributed by atoms with van der Waals surface area (Å²) in [5.41, 5.74) is 1.73. The Balaban J connectivity index is 1.62. The normalized spacial score (nSPS) is 16.8. The molecule has 2 atom stereocenters. The van der Waals surface area contributed by atoms with E-state index in [9.17, 15) is 5.11 Å². The molecule has 2 aromatic rings. The summed E-state index contributed by atoms with van der Waals surface area (Å²) in [6, 6.07) is 11.7. The number of ether oxygens (including phenoxy) is 3. The van der Waals surface area contributed by atoms with Crippen molar-refractivity contribution in [3.8, 4) is 11.5 Å². The third-order valence-corrected chi connectivity index (χ3v) is 7.17. The van der Waals surface area contributed by atoms with Crippen LogP contribution >= 0.6 is 34.8 Å². The van der Waals surface area contributed by atoms with Crippen molar-refractivity contribution in [2.45, 2.75) is 32.3 Å². The molecule has 8 heteroatoms. The van der Waals surface area contributed by atoms with Gasteiger partial charge in [0, 0.05) is 36.8 Å². The summed E-state index contributed by atoms with van der Waals surface area (Å²) in [6.45, 7) is 10.6. The first-order valence-electron chi connectivity index (χ1n) is 11.6. The molecule has 0 aliphatic carbocycles. The SMILES string of the molecule is CC(CCl)COc1c(Cl)cc(C(C)(C)c2ccc(OCC(O)CN3CCOCC3)cc2)cc1Cl. The number of morpholine rings is 1. The summed E-state index contributed by atoms with van der Waals surface area (Å²) in [7, 11) is 0. The van der Waals surface area contributed by atoms with Gasteiger partial charge in [0.1, 0.15) is 18.5 Å². The lowest BCUT2D eigenvalue weighted by Gasteiger charge is -2.28. The molecule has 1 fully saturated rings. The minimum absolute atomic E-state index is 0.200. The second kappa shape index (κ2) is 12.7. The molecule has 1 N–H and O–H groups in total. The number of hydrogen-bond donors (Lipinski definition) is 1. The number of hydrogen-bond acceptors (Lipinski definition) is 5. The number of aliphatic hydroxyl groups is 1. The average Bonchev–Trinajstić information content (AvgIpc) is 2.82. The van der Waals surface area contributed by atoms with Crippen LogP contribution in [0, 0.1) is 5.92 Å². The summed E-state index contributed by atoms with van der Waals surface area (Å²) < 4.78 is 17.0. The fourth-order valence-electron chi connectivity index (χ4n) is 3.79. The maximum Gasteiger partial charge on any atom is 0.156 e. The molecule has 2 unspecified atom stereocenters. The lowest BCUT2D eigenvalue weighted by Crippen LogP contribution is -2.42. The molecule has 0 bridgehead atoms. The van der Waals surface area contributed by atoms with Gasteiger partial charge in [-0.25, -0.2) is 0 Å². The third kappa shape index (κ3) is 7.39. The first kappa shape index (κ1) is 27.4. The second-order valence-corrected chi connectivity index (χ2v) is 10.5. The van der Waals surface area contributed by atoms with Crippen LogP contribution in [0.5, 0.6) is 11.5 Å². The highest BCUT2D eigenvalue weighted by Crippen LogP contribution is 2.40. The number of benzene rings is 2. The van der Waals surface area contributed by atoms with Crippen LogP contribution in [0.4, 0.5) is 0 Å². The summed E-state index contributed by atoms with van der Waals surface area (Å²) in [5.74, 6) is 1.91. The molecule has 0 amide bonds. The van der Waals surface area contributed by atoms with E-state index in [4.69, 9.17) is 49.0 Å². The maximum absolute atomic E-state index is 10.3. The van der Waals surface area contributed by atoms with Crippen molar-refractivity contribution in [3.05, 3.63) is 57.6 Å². The van der Waals surface area contributed by atoms with Crippen LogP contribution < -0.4 is 9.47 Å². The molecule has 5 nitrogen and oxygen atoms in total. The van der Waals surface area contributed by atoms with E-state index in [0.717, 1.165) is 24.2 Å². The molecule has 188 valence electrons. The molecular formula is C26H34Cl3NO4. The molecule has 0 spiro atoms. The van der Waals surface area contributed by atoms with Gasteiger partial charge < -0.3 is 19.3 Å². The van der Waals surface area contributed by atoms with Gasteiger partial charge in [0.15, 0.2) is 5.75 Å². The van der Waals surface area contributed by atoms with Crippen LogP contribution in [-0.4, -0.2) is 68.1 Å². The lowest BCUT2D eigenvalue weighted by molar-refractivity contribution is 0.00465. The van der Waals surface area contributed by atoms with Crippen LogP contribution in [-0.2, 0) is 10.2 Å². The monoisotopic (exact) mass is 529 g/mol. The van der Waals surface area contributed by atoms with E-state index in [1.165, 1.54) is 0 Å². The standard InChI is InChI=1S/C26H34Cl3NO4/c1-18(14-27)16-34-25-23(28)12-20(13-24(25)29)26(2,3)19-4-6-22(7-5-19)33-17-21(31)15-30-8-10-32-11-9-30/h4-7,12-13,18,21,31H,8-11,14-17H2,1-3H3. The highest BCUT2D eigenvalue weighted by molar-refractivity contribution is 6.37. The van der Waals surface area contributed by atoms with Crippen LogP contribution in [0.1, 0.15) is 31.9 Å². The van der Waals surface area contributed by atoms with Gasteiger partial charge in [-0.1, -0.05) is 56.1 Å². The zero-order valence-corrected chi connectivity index (χ0v) is 22.3. The predicted molar refractivity (Wildman–Crippen MR) is 139 cm³/mol. The van der Waals surface area contributed by atoms with E-state index < -0.39 is 6.10 Å². The average molecular weight is 531 g/mol. The molecular weight excluding hydrogens is 497 g/mol. The van der Waals surface area contributed by atoms with Gasteiger partial charge in [0.2, 0.25) is 0 Å². The zero-order valence-electron chi connectivity index (χ0n) is 20.0. The Bertz CT molecular complexity index is 894. The fraction of sp³-hybridized carbons (Fsp3) is 0.538. The molecule has 0 saturated carbocycles. The smallest absolute Gasteiger partial charge is 0.156 e. The van der Waals surface area contributed by atoms with E-state index in [0.29, 0.717) is 53.8 Å². The first-order chi connectivity index (χ1) is 16.2. The number of rotatable bonds is 11. The van der Waals surface area contributed by atoms with Gasteiger partial charge >= 0.3 is 0 Å². The van der Waals surface area contributed by atoms with E-state index in [1.54, 1.807) is 0 Å². The van der Waals surface area contributed by atoms with Gasteiger partial charge in [-0.15, -0.1) is 11.6 Å². The topological polar surface area (TPSA) is 51.2 Å². The van der Waals surface area contributed by atoms with E-state index in [-0.39, 0.29) is 17.9 Å². The van der Waals surface area contributed by atoms with Crippen molar-refractivity contribution in [3.63, 3.8) is 0 Å². The Morgan fingerprint density at radius 3 is 2.21 bits per heavy atom. The van der Waals surface area contributed by atoms with Crippen molar-refractivity contribution in [1.82, 2.24) is 4.90 Å². The number of β-amino-alcohol motifs (C(OH)–C–C–N with tert-alkyl or cyclic N) is 1. The summed E-state index contributed by atoms with van der Waals surface area (Å²) in [5, 5.41) is 11.3. The minimum Gasteiger partial charge on any atom is -0.491 e. The molecule has 0 aromatic heterocycles. The van der Waals surface area contributed by atoms with Crippen molar-refractivity contribution >= 4 is 34.8 Å². The van der Waals surface area contributed by atoms with E-state index in [2.05, 4.69) is 18.7 Å².